The van der Waals surface area contributed by atoms with E-state index in [9.17, 15) is 24.6 Å². The van der Waals surface area contributed by atoms with Gasteiger partial charge in [0.1, 0.15) is 29.2 Å². The summed E-state index contributed by atoms with van der Waals surface area (Å²) in [7, 11) is 0. The summed E-state index contributed by atoms with van der Waals surface area (Å²) in [5, 5.41) is 25.9. The number of para-hydroxylation sites is 1. The SMILES string of the molecule is CCCN(C(=O)C(Cc1ccc(O)cc1)NC(=O)OC(C)(C)C)C(C(=O)Nc1c(C)cccc1Cl)c1ccc(O)c(C)c1. The Kier molecular flexibility index (Phi) is 11.1. The molecule has 4 N–H and O–H groups in total. The lowest BCUT2D eigenvalue weighted by Gasteiger charge is -2.34. The predicted molar refractivity (Wildman–Crippen MR) is 167 cm³/mol. The van der Waals surface area contributed by atoms with Crippen LogP contribution >= 0.6 is 11.6 Å². The number of rotatable bonds is 10. The third-order valence-corrected chi connectivity index (χ3v) is 6.99. The van der Waals surface area contributed by atoms with Gasteiger partial charge in [0.25, 0.3) is 5.91 Å². The number of hydrogen-bond acceptors (Lipinski definition) is 6. The van der Waals surface area contributed by atoms with E-state index in [0.29, 0.717) is 33.8 Å². The fourth-order valence-corrected chi connectivity index (χ4v) is 4.90. The molecule has 230 valence electrons. The first-order chi connectivity index (χ1) is 20.2. The van der Waals surface area contributed by atoms with Crippen LogP contribution in [0.3, 0.4) is 0 Å². The summed E-state index contributed by atoms with van der Waals surface area (Å²) in [5.74, 6) is -0.907. The highest BCUT2D eigenvalue weighted by molar-refractivity contribution is 6.34. The van der Waals surface area contributed by atoms with Crippen molar-refractivity contribution in [1.82, 2.24) is 10.2 Å². The summed E-state index contributed by atoms with van der Waals surface area (Å²) >= 11 is 6.43. The number of carbonyl (C=O) groups excluding carboxylic acids is 3. The third kappa shape index (κ3) is 9.12. The molecule has 0 spiro atoms. The normalized spacial score (nSPS) is 12.6. The van der Waals surface area contributed by atoms with Crippen LogP contribution in [0, 0.1) is 13.8 Å². The number of nitrogens with one attached hydrogen (secondary N) is 2. The van der Waals surface area contributed by atoms with Crippen molar-refractivity contribution in [2.24, 2.45) is 0 Å². The largest absolute Gasteiger partial charge is 0.508 e. The molecule has 9 nitrogen and oxygen atoms in total. The Morgan fingerprint density at radius 2 is 1.65 bits per heavy atom. The summed E-state index contributed by atoms with van der Waals surface area (Å²) in [6.45, 7) is 10.7. The molecule has 3 aromatic carbocycles. The number of phenolic OH excluding ortho intramolecular Hbond substituents is 2. The van der Waals surface area contributed by atoms with Gasteiger partial charge in [-0.15, -0.1) is 0 Å². The minimum atomic E-state index is -1.13. The first-order valence-corrected chi connectivity index (χ1v) is 14.5. The molecule has 0 heterocycles. The lowest BCUT2D eigenvalue weighted by Crippen LogP contribution is -2.53. The lowest BCUT2D eigenvalue weighted by molar-refractivity contribution is -0.140. The van der Waals surface area contributed by atoms with E-state index in [1.54, 1.807) is 64.1 Å². The lowest BCUT2D eigenvalue weighted by atomic mass is 9.98. The molecule has 3 aromatic rings. The number of aromatic hydroxyl groups is 2. The van der Waals surface area contributed by atoms with E-state index in [2.05, 4.69) is 10.6 Å². The van der Waals surface area contributed by atoms with Gasteiger partial charge in [-0.05, 0) is 93.6 Å². The first kappa shape index (κ1) is 33.3. The second-order valence-corrected chi connectivity index (χ2v) is 11.9. The average molecular weight is 610 g/mol. The number of aryl methyl sites for hydroxylation is 2. The molecular weight excluding hydrogens is 570 g/mol. The zero-order valence-corrected chi connectivity index (χ0v) is 26.2. The van der Waals surface area contributed by atoms with Gasteiger partial charge in [-0.2, -0.15) is 0 Å². The van der Waals surface area contributed by atoms with Gasteiger partial charge in [-0.1, -0.05) is 48.9 Å². The van der Waals surface area contributed by atoms with E-state index < -0.39 is 35.6 Å². The van der Waals surface area contributed by atoms with E-state index in [1.165, 1.54) is 23.1 Å². The third-order valence-electron chi connectivity index (χ3n) is 6.68. The Morgan fingerprint density at radius 3 is 2.23 bits per heavy atom. The van der Waals surface area contributed by atoms with Crippen LogP contribution in [0.5, 0.6) is 11.5 Å². The van der Waals surface area contributed by atoms with Crippen LogP contribution in [0.1, 0.15) is 62.4 Å². The number of hydrogen-bond donors (Lipinski definition) is 4. The highest BCUT2D eigenvalue weighted by Gasteiger charge is 2.36. The maximum atomic E-state index is 14.4. The van der Waals surface area contributed by atoms with Gasteiger partial charge in [0.15, 0.2) is 0 Å². The zero-order valence-electron chi connectivity index (χ0n) is 25.4. The zero-order chi connectivity index (χ0) is 31.9. The van der Waals surface area contributed by atoms with Crippen LogP contribution in [0.15, 0.2) is 60.7 Å². The maximum absolute atomic E-state index is 14.4. The summed E-state index contributed by atoms with van der Waals surface area (Å²) in [6, 6.07) is 14.0. The van der Waals surface area contributed by atoms with E-state index in [4.69, 9.17) is 16.3 Å². The number of nitrogens with zero attached hydrogens (tertiary/aromatic N) is 1. The first-order valence-electron chi connectivity index (χ1n) is 14.1. The van der Waals surface area contributed by atoms with Crippen molar-refractivity contribution in [1.29, 1.82) is 0 Å². The second-order valence-electron chi connectivity index (χ2n) is 11.5. The molecule has 0 aromatic heterocycles. The summed E-state index contributed by atoms with van der Waals surface area (Å²) in [5.41, 5.74) is 2.04. The van der Waals surface area contributed by atoms with Gasteiger partial charge in [-0.25, -0.2) is 4.79 Å². The number of ether oxygens (including phenoxy) is 1. The fraction of sp³-hybridized carbons (Fsp3) is 0.364. The smallest absolute Gasteiger partial charge is 0.408 e. The minimum absolute atomic E-state index is 0.0509. The Balaban J connectivity index is 2.09. The van der Waals surface area contributed by atoms with Crippen LogP contribution in [0.25, 0.3) is 0 Å². The number of amides is 3. The summed E-state index contributed by atoms with van der Waals surface area (Å²) in [6.07, 6.45) is -0.199. The molecule has 43 heavy (non-hydrogen) atoms. The quantitative estimate of drug-likeness (QED) is 0.210. The van der Waals surface area contributed by atoms with Crippen molar-refractivity contribution in [2.75, 3.05) is 11.9 Å². The highest BCUT2D eigenvalue weighted by atomic mass is 35.5. The van der Waals surface area contributed by atoms with Crippen molar-refractivity contribution in [3.05, 3.63) is 87.9 Å². The maximum Gasteiger partial charge on any atom is 0.408 e. The van der Waals surface area contributed by atoms with Crippen molar-refractivity contribution < 1.29 is 29.3 Å². The molecule has 0 fully saturated rings. The molecule has 2 atom stereocenters. The van der Waals surface area contributed by atoms with Crippen molar-refractivity contribution in [3.63, 3.8) is 0 Å². The fourth-order valence-electron chi connectivity index (χ4n) is 4.63. The molecule has 0 aliphatic rings. The van der Waals surface area contributed by atoms with Crippen LogP contribution in [0.4, 0.5) is 10.5 Å². The monoisotopic (exact) mass is 609 g/mol. The summed E-state index contributed by atoms with van der Waals surface area (Å²) < 4.78 is 5.46. The molecule has 3 amide bonds. The number of halogens is 1. The second kappa shape index (κ2) is 14.3. The summed E-state index contributed by atoms with van der Waals surface area (Å²) in [4.78, 5) is 42.8. The van der Waals surface area contributed by atoms with Gasteiger partial charge in [-0.3, -0.25) is 9.59 Å². The molecule has 10 heteroatoms. The standard InChI is InChI=1S/C33H40ClN3O6/c1-7-17-37(31(41)26(35-32(42)43-33(4,5)6)19-22-11-14-24(38)15-12-22)29(23-13-16-27(39)21(3)18-23)30(40)36-28-20(2)9-8-10-25(28)34/h8-16,18,26,29,38-39H,7,17,19H2,1-6H3,(H,35,42)(H,36,40). The van der Waals surface area contributed by atoms with Gasteiger partial charge in [0, 0.05) is 13.0 Å². The number of alkyl carbamates (subject to hydrolysis) is 1. The molecule has 3 rings (SSSR count). The Labute approximate surface area is 257 Å². The number of phenols is 2. The molecule has 0 saturated carbocycles. The Morgan fingerprint density at radius 1 is 0.977 bits per heavy atom. The van der Waals surface area contributed by atoms with Crippen molar-refractivity contribution in [3.8, 4) is 11.5 Å². The van der Waals surface area contributed by atoms with E-state index in [0.717, 1.165) is 5.56 Å². The van der Waals surface area contributed by atoms with Gasteiger partial charge < -0.3 is 30.5 Å². The van der Waals surface area contributed by atoms with Gasteiger partial charge >= 0.3 is 6.09 Å². The Bertz CT molecular complexity index is 1430. The van der Waals surface area contributed by atoms with Crippen LogP contribution in [0.2, 0.25) is 5.02 Å². The number of anilines is 1. The minimum Gasteiger partial charge on any atom is -0.508 e. The predicted octanol–water partition coefficient (Wildman–Crippen LogP) is 6.42. The topological polar surface area (TPSA) is 128 Å². The van der Waals surface area contributed by atoms with Crippen LogP contribution in [-0.4, -0.2) is 51.2 Å². The van der Waals surface area contributed by atoms with E-state index in [1.807, 2.05) is 19.9 Å². The molecule has 0 aliphatic heterocycles. The number of benzene rings is 3. The van der Waals surface area contributed by atoms with E-state index >= 15 is 0 Å². The molecule has 0 aliphatic carbocycles. The molecule has 0 bridgehead atoms. The molecular formula is C33H40ClN3O6. The van der Waals surface area contributed by atoms with Crippen molar-refractivity contribution in [2.45, 2.75) is 72.1 Å². The van der Waals surface area contributed by atoms with Crippen LogP contribution < -0.4 is 10.6 Å². The van der Waals surface area contributed by atoms with Crippen LogP contribution in [-0.2, 0) is 20.7 Å². The molecule has 0 radical (unpaired) electrons. The highest BCUT2D eigenvalue weighted by Crippen LogP contribution is 2.31. The molecule has 0 saturated heterocycles. The Hall–Kier alpha value is -4.24. The average Bonchev–Trinajstić information content (AvgIpc) is 2.92. The van der Waals surface area contributed by atoms with E-state index in [-0.39, 0.29) is 24.5 Å². The molecule has 2 unspecified atom stereocenters. The van der Waals surface area contributed by atoms with Gasteiger partial charge in [0.2, 0.25) is 5.91 Å². The van der Waals surface area contributed by atoms with Crippen molar-refractivity contribution >= 4 is 35.2 Å². The number of carbonyl (C=O) groups is 3. The van der Waals surface area contributed by atoms with Gasteiger partial charge in [0.05, 0.1) is 10.7 Å².